The van der Waals surface area contributed by atoms with Crippen molar-refractivity contribution < 1.29 is 9.53 Å². The molecule has 7 heteroatoms. The average molecular weight is 394 g/mol. The van der Waals surface area contributed by atoms with E-state index in [0.717, 1.165) is 43.5 Å². The number of benzene rings is 1. The molecule has 5 rings (SSSR count). The number of nitrogens with zero attached hydrogens (tertiary/aromatic N) is 2. The number of aromatic nitrogens is 2. The molecule has 4 atom stereocenters. The van der Waals surface area contributed by atoms with E-state index < -0.39 is 0 Å². The molecule has 0 aliphatic carbocycles. The van der Waals surface area contributed by atoms with Gasteiger partial charge >= 0.3 is 0 Å². The Labute approximate surface area is 169 Å². The third kappa shape index (κ3) is 3.04. The van der Waals surface area contributed by atoms with Crippen molar-refractivity contribution in [2.75, 3.05) is 24.5 Å². The number of aromatic amines is 1. The summed E-state index contributed by atoms with van der Waals surface area (Å²) in [6.45, 7) is 4.24. The number of H-pyrrole nitrogens is 1. The zero-order chi connectivity index (χ0) is 20.0. The molecule has 1 aromatic heterocycles. The van der Waals surface area contributed by atoms with E-state index in [1.54, 1.807) is 6.07 Å². The van der Waals surface area contributed by atoms with Gasteiger partial charge in [-0.05, 0) is 30.9 Å². The fourth-order valence-corrected chi connectivity index (χ4v) is 5.53. The first-order chi connectivity index (χ1) is 14.1. The normalized spacial score (nSPS) is 29.8. The number of rotatable bonds is 5. The lowest BCUT2D eigenvalue weighted by atomic mass is 9.73. The number of aryl methyl sites for hydroxylation is 1. The van der Waals surface area contributed by atoms with Crippen LogP contribution in [0, 0.1) is 11.8 Å². The first kappa shape index (κ1) is 18.4. The number of fused-ring (bicyclic) bond motifs is 1. The zero-order valence-corrected chi connectivity index (χ0v) is 16.6. The quantitative estimate of drug-likeness (QED) is 0.807. The van der Waals surface area contributed by atoms with Crippen LogP contribution in [0.4, 0.5) is 5.82 Å². The van der Waals surface area contributed by atoms with Gasteiger partial charge in [0.1, 0.15) is 5.82 Å². The van der Waals surface area contributed by atoms with Crippen LogP contribution in [0.15, 0.2) is 41.5 Å². The Hall–Kier alpha value is -2.67. The highest BCUT2D eigenvalue weighted by Crippen LogP contribution is 2.55. The van der Waals surface area contributed by atoms with E-state index in [1.165, 1.54) is 6.33 Å². The molecule has 152 valence electrons. The second kappa shape index (κ2) is 6.99. The number of hydrogen-bond acceptors (Lipinski definition) is 5. The Balaban J connectivity index is 1.31. The van der Waals surface area contributed by atoms with Gasteiger partial charge in [0.05, 0.1) is 18.0 Å². The number of carbonyl (C=O) groups excluding carboxylic acids is 1. The lowest BCUT2D eigenvalue weighted by Gasteiger charge is -2.29. The SMILES string of the molecule is CCc1ccccc1C(=O)NC[C@H]1[C@H]2CN(c3cc(=O)[nH]cn3)C[C@]23CC[C@H]1O3. The molecular formula is C22H26N4O3. The van der Waals surface area contributed by atoms with Crippen LogP contribution in [0.2, 0.25) is 0 Å². The van der Waals surface area contributed by atoms with Crippen LogP contribution >= 0.6 is 0 Å². The highest BCUT2D eigenvalue weighted by atomic mass is 16.5. The van der Waals surface area contributed by atoms with Gasteiger partial charge < -0.3 is 19.9 Å². The molecule has 29 heavy (non-hydrogen) atoms. The molecular weight excluding hydrogens is 368 g/mol. The predicted octanol–water partition coefficient (Wildman–Crippen LogP) is 1.75. The summed E-state index contributed by atoms with van der Waals surface area (Å²) in [5.41, 5.74) is 1.51. The molecule has 3 aliphatic heterocycles. The number of ether oxygens (including phenoxy) is 1. The summed E-state index contributed by atoms with van der Waals surface area (Å²) >= 11 is 0. The minimum absolute atomic E-state index is 0.00890. The monoisotopic (exact) mass is 394 g/mol. The largest absolute Gasteiger partial charge is 0.369 e. The van der Waals surface area contributed by atoms with E-state index in [4.69, 9.17) is 4.74 Å². The smallest absolute Gasteiger partial charge is 0.252 e. The molecule has 1 amide bonds. The van der Waals surface area contributed by atoms with Gasteiger partial charge in [-0.1, -0.05) is 25.1 Å². The number of amides is 1. The van der Waals surface area contributed by atoms with Crippen LogP contribution in [-0.4, -0.2) is 47.2 Å². The summed E-state index contributed by atoms with van der Waals surface area (Å²) in [5.74, 6) is 1.31. The maximum Gasteiger partial charge on any atom is 0.252 e. The Morgan fingerprint density at radius 2 is 2.28 bits per heavy atom. The molecule has 2 aromatic rings. The molecule has 7 nitrogen and oxygen atoms in total. The average Bonchev–Trinajstić information content (AvgIpc) is 3.40. The third-order valence-corrected chi connectivity index (χ3v) is 6.91. The minimum atomic E-state index is -0.175. The molecule has 2 N–H and O–H groups in total. The molecule has 3 aliphatic rings. The van der Waals surface area contributed by atoms with Gasteiger partial charge in [0, 0.05) is 43.1 Å². The van der Waals surface area contributed by atoms with Gasteiger partial charge in [-0.25, -0.2) is 4.98 Å². The van der Waals surface area contributed by atoms with Crippen molar-refractivity contribution in [3.05, 3.63) is 58.1 Å². The van der Waals surface area contributed by atoms with Gasteiger partial charge in [0.15, 0.2) is 0 Å². The predicted molar refractivity (Wildman–Crippen MR) is 109 cm³/mol. The summed E-state index contributed by atoms with van der Waals surface area (Å²) in [4.78, 5) is 33.5. The van der Waals surface area contributed by atoms with Crippen molar-refractivity contribution >= 4 is 11.7 Å². The second-order valence-corrected chi connectivity index (χ2v) is 8.40. The van der Waals surface area contributed by atoms with Crippen molar-refractivity contribution in [1.82, 2.24) is 15.3 Å². The first-order valence-electron chi connectivity index (χ1n) is 10.4. The molecule has 0 saturated carbocycles. The molecule has 0 unspecified atom stereocenters. The van der Waals surface area contributed by atoms with E-state index in [0.29, 0.717) is 18.3 Å². The van der Waals surface area contributed by atoms with E-state index >= 15 is 0 Å². The van der Waals surface area contributed by atoms with Crippen molar-refractivity contribution in [3.8, 4) is 0 Å². The van der Waals surface area contributed by atoms with Gasteiger partial charge in [0.25, 0.3) is 11.5 Å². The Kier molecular flexibility index (Phi) is 4.42. The van der Waals surface area contributed by atoms with Gasteiger partial charge in [0.2, 0.25) is 0 Å². The van der Waals surface area contributed by atoms with E-state index in [-0.39, 0.29) is 29.1 Å². The molecule has 2 bridgehead atoms. The summed E-state index contributed by atoms with van der Waals surface area (Å²) in [5, 5.41) is 3.17. The highest BCUT2D eigenvalue weighted by molar-refractivity contribution is 5.95. The maximum atomic E-state index is 12.8. The first-order valence-corrected chi connectivity index (χ1v) is 10.4. The van der Waals surface area contributed by atoms with Crippen molar-refractivity contribution in [2.24, 2.45) is 11.8 Å². The highest BCUT2D eigenvalue weighted by Gasteiger charge is 2.63. The molecule has 4 heterocycles. The standard InChI is InChI=1S/C22H26N4O3/c1-2-14-5-3-4-6-15(14)21(28)23-10-16-17-11-26(19-9-20(27)25-13-24-19)12-22(17)8-7-18(16)29-22/h3-6,9,13,16-18H,2,7-8,10-12H2,1H3,(H,23,28)(H,24,25,27)/t16-,17+,18+,22+/m0/s1. The molecule has 1 spiro atoms. The Bertz CT molecular complexity index is 990. The fourth-order valence-electron chi connectivity index (χ4n) is 5.53. The van der Waals surface area contributed by atoms with Crippen molar-refractivity contribution in [1.29, 1.82) is 0 Å². The summed E-state index contributed by atoms with van der Waals surface area (Å²) < 4.78 is 6.45. The summed E-state index contributed by atoms with van der Waals surface area (Å²) in [6, 6.07) is 9.32. The number of hydrogen-bond donors (Lipinski definition) is 2. The van der Waals surface area contributed by atoms with Crippen LogP contribution in [0.25, 0.3) is 0 Å². The Morgan fingerprint density at radius 3 is 3.10 bits per heavy atom. The van der Waals surface area contributed by atoms with E-state index in [9.17, 15) is 9.59 Å². The minimum Gasteiger partial charge on any atom is -0.369 e. The number of carbonyl (C=O) groups is 1. The molecule has 1 aromatic carbocycles. The third-order valence-electron chi connectivity index (χ3n) is 6.91. The van der Waals surface area contributed by atoms with Gasteiger partial charge in [-0.15, -0.1) is 0 Å². The number of nitrogens with one attached hydrogen (secondary N) is 2. The van der Waals surface area contributed by atoms with Gasteiger partial charge in [-0.3, -0.25) is 9.59 Å². The van der Waals surface area contributed by atoms with Crippen LogP contribution in [0.3, 0.4) is 0 Å². The fraction of sp³-hybridized carbons (Fsp3) is 0.500. The van der Waals surface area contributed by atoms with Gasteiger partial charge in [-0.2, -0.15) is 0 Å². The van der Waals surface area contributed by atoms with Crippen LogP contribution in [-0.2, 0) is 11.2 Å². The summed E-state index contributed by atoms with van der Waals surface area (Å²) in [7, 11) is 0. The van der Waals surface area contributed by atoms with Crippen LogP contribution in [0.5, 0.6) is 0 Å². The van der Waals surface area contributed by atoms with Crippen molar-refractivity contribution in [3.63, 3.8) is 0 Å². The maximum absolute atomic E-state index is 12.8. The molecule has 0 radical (unpaired) electrons. The zero-order valence-electron chi connectivity index (χ0n) is 16.6. The lowest BCUT2D eigenvalue weighted by Crippen LogP contribution is -2.42. The van der Waals surface area contributed by atoms with E-state index in [2.05, 4.69) is 27.1 Å². The molecule has 3 fully saturated rings. The molecule has 3 saturated heterocycles. The van der Waals surface area contributed by atoms with Crippen LogP contribution in [0.1, 0.15) is 35.7 Å². The Morgan fingerprint density at radius 1 is 1.41 bits per heavy atom. The van der Waals surface area contributed by atoms with Crippen molar-refractivity contribution in [2.45, 2.75) is 37.9 Å². The second-order valence-electron chi connectivity index (χ2n) is 8.40. The topological polar surface area (TPSA) is 87.3 Å². The number of anilines is 1. The summed E-state index contributed by atoms with van der Waals surface area (Å²) in [6.07, 6.45) is 4.55. The lowest BCUT2D eigenvalue weighted by molar-refractivity contribution is 0.0141. The van der Waals surface area contributed by atoms with Crippen LogP contribution < -0.4 is 15.8 Å². The van der Waals surface area contributed by atoms with E-state index in [1.807, 2.05) is 24.3 Å².